The van der Waals surface area contributed by atoms with Crippen molar-refractivity contribution in [2.75, 3.05) is 11.4 Å². The molecule has 6 heteroatoms. The molecular formula is C15H20ClN3O2. The summed E-state index contributed by atoms with van der Waals surface area (Å²) < 4.78 is 0. The van der Waals surface area contributed by atoms with Gasteiger partial charge in [-0.25, -0.2) is 4.79 Å². The highest BCUT2D eigenvalue weighted by atomic mass is 35.5. The van der Waals surface area contributed by atoms with Crippen LogP contribution in [0, 0.1) is 0 Å². The van der Waals surface area contributed by atoms with E-state index in [0.717, 1.165) is 12.1 Å². The molecule has 0 aliphatic carbocycles. The Kier molecular flexibility index (Phi) is 5.07. The zero-order valence-electron chi connectivity index (χ0n) is 12.2. The molecule has 2 unspecified atom stereocenters. The third-order valence-electron chi connectivity index (χ3n) is 3.59. The SMILES string of the molecule is CCC(C)NC(=O)NC1CC(=O)N(c2ccc(Cl)cc2)C1. The van der Waals surface area contributed by atoms with Crippen LogP contribution >= 0.6 is 11.6 Å². The molecule has 1 aromatic carbocycles. The minimum atomic E-state index is -0.222. The van der Waals surface area contributed by atoms with E-state index in [4.69, 9.17) is 11.6 Å². The summed E-state index contributed by atoms with van der Waals surface area (Å²) in [5.41, 5.74) is 0.802. The predicted molar refractivity (Wildman–Crippen MR) is 83.6 cm³/mol. The molecule has 0 saturated carbocycles. The Morgan fingerprint density at radius 3 is 2.71 bits per heavy atom. The van der Waals surface area contributed by atoms with Crippen LogP contribution < -0.4 is 15.5 Å². The number of nitrogens with one attached hydrogen (secondary N) is 2. The lowest BCUT2D eigenvalue weighted by Gasteiger charge is -2.18. The van der Waals surface area contributed by atoms with Crippen LogP contribution in [0.25, 0.3) is 0 Å². The molecule has 0 aromatic heterocycles. The van der Waals surface area contributed by atoms with E-state index in [1.54, 1.807) is 17.0 Å². The van der Waals surface area contributed by atoms with Gasteiger partial charge in [0.15, 0.2) is 0 Å². The number of hydrogen-bond donors (Lipinski definition) is 2. The van der Waals surface area contributed by atoms with Gasteiger partial charge in [0.05, 0.1) is 6.04 Å². The number of hydrogen-bond acceptors (Lipinski definition) is 2. The predicted octanol–water partition coefficient (Wildman–Crippen LogP) is 2.54. The summed E-state index contributed by atoms with van der Waals surface area (Å²) in [7, 11) is 0. The Balaban J connectivity index is 1.93. The number of benzene rings is 1. The third-order valence-corrected chi connectivity index (χ3v) is 3.84. The molecule has 5 nitrogen and oxygen atoms in total. The van der Waals surface area contributed by atoms with Crippen LogP contribution in [0.2, 0.25) is 5.02 Å². The Morgan fingerprint density at radius 2 is 2.10 bits per heavy atom. The summed E-state index contributed by atoms with van der Waals surface area (Å²) >= 11 is 5.85. The van der Waals surface area contributed by atoms with Gasteiger partial charge in [-0.3, -0.25) is 4.79 Å². The van der Waals surface area contributed by atoms with Crippen molar-refractivity contribution in [3.63, 3.8) is 0 Å². The zero-order chi connectivity index (χ0) is 15.4. The molecule has 0 spiro atoms. The Labute approximate surface area is 129 Å². The first-order valence-corrected chi connectivity index (χ1v) is 7.50. The maximum atomic E-state index is 12.1. The number of amides is 3. The van der Waals surface area contributed by atoms with Crippen LogP contribution in [-0.2, 0) is 4.79 Å². The third kappa shape index (κ3) is 4.11. The van der Waals surface area contributed by atoms with Crippen molar-refractivity contribution in [2.24, 2.45) is 0 Å². The molecule has 2 rings (SSSR count). The average Bonchev–Trinajstić information content (AvgIpc) is 2.80. The first kappa shape index (κ1) is 15.6. The summed E-state index contributed by atoms with van der Waals surface area (Å²) in [6.07, 6.45) is 1.18. The van der Waals surface area contributed by atoms with Gasteiger partial charge in [0.1, 0.15) is 0 Å². The van der Waals surface area contributed by atoms with Crippen LogP contribution in [-0.4, -0.2) is 30.6 Å². The number of halogens is 1. The van der Waals surface area contributed by atoms with Gasteiger partial charge in [-0.1, -0.05) is 18.5 Å². The molecule has 1 aliphatic heterocycles. The van der Waals surface area contributed by atoms with Crippen molar-refractivity contribution in [1.82, 2.24) is 10.6 Å². The van der Waals surface area contributed by atoms with E-state index in [2.05, 4.69) is 10.6 Å². The smallest absolute Gasteiger partial charge is 0.315 e. The standard InChI is InChI=1S/C15H20ClN3O2/c1-3-10(2)17-15(21)18-12-8-14(20)19(9-12)13-6-4-11(16)5-7-13/h4-7,10,12H,3,8-9H2,1-2H3,(H2,17,18,21). The van der Waals surface area contributed by atoms with Crippen LogP contribution in [0.3, 0.4) is 0 Å². The second-order valence-corrected chi connectivity index (χ2v) is 5.75. The van der Waals surface area contributed by atoms with Crippen LogP contribution in [0.15, 0.2) is 24.3 Å². The highest BCUT2D eigenvalue weighted by Gasteiger charge is 2.31. The number of carbonyl (C=O) groups is 2. The summed E-state index contributed by atoms with van der Waals surface area (Å²) in [6, 6.07) is 6.84. The Morgan fingerprint density at radius 1 is 1.43 bits per heavy atom. The molecule has 114 valence electrons. The normalized spacial score (nSPS) is 19.5. The highest BCUT2D eigenvalue weighted by Crippen LogP contribution is 2.23. The zero-order valence-corrected chi connectivity index (χ0v) is 13.0. The van der Waals surface area contributed by atoms with E-state index in [1.807, 2.05) is 26.0 Å². The van der Waals surface area contributed by atoms with Gasteiger partial charge < -0.3 is 15.5 Å². The van der Waals surface area contributed by atoms with Crippen LogP contribution in [0.1, 0.15) is 26.7 Å². The van der Waals surface area contributed by atoms with Gasteiger partial charge in [-0.15, -0.1) is 0 Å². The van der Waals surface area contributed by atoms with Crippen molar-refractivity contribution in [2.45, 2.75) is 38.8 Å². The molecule has 1 aliphatic rings. The molecule has 1 fully saturated rings. The second-order valence-electron chi connectivity index (χ2n) is 5.31. The van der Waals surface area contributed by atoms with Crippen molar-refractivity contribution < 1.29 is 9.59 Å². The fourth-order valence-electron chi connectivity index (χ4n) is 2.23. The number of nitrogens with zero attached hydrogens (tertiary/aromatic N) is 1. The van der Waals surface area contributed by atoms with Gasteiger partial charge in [-0.05, 0) is 37.6 Å². The molecule has 2 atom stereocenters. The summed E-state index contributed by atoms with van der Waals surface area (Å²) in [5, 5.41) is 6.32. The first-order chi connectivity index (χ1) is 9.99. The maximum absolute atomic E-state index is 12.1. The number of urea groups is 1. The van der Waals surface area contributed by atoms with Crippen molar-refractivity contribution in [3.8, 4) is 0 Å². The fourth-order valence-corrected chi connectivity index (χ4v) is 2.35. The minimum Gasteiger partial charge on any atom is -0.336 e. The van der Waals surface area contributed by atoms with Crippen LogP contribution in [0.4, 0.5) is 10.5 Å². The van der Waals surface area contributed by atoms with Gasteiger partial charge in [-0.2, -0.15) is 0 Å². The van der Waals surface area contributed by atoms with E-state index in [1.165, 1.54) is 0 Å². The van der Waals surface area contributed by atoms with Crippen LogP contribution in [0.5, 0.6) is 0 Å². The minimum absolute atomic E-state index is 0.00571. The molecule has 0 radical (unpaired) electrons. The van der Waals surface area contributed by atoms with E-state index >= 15 is 0 Å². The molecule has 1 heterocycles. The maximum Gasteiger partial charge on any atom is 0.315 e. The number of carbonyl (C=O) groups excluding carboxylic acids is 2. The van der Waals surface area contributed by atoms with E-state index in [-0.39, 0.29) is 24.0 Å². The van der Waals surface area contributed by atoms with Crippen molar-refractivity contribution in [3.05, 3.63) is 29.3 Å². The lowest BCUT2D eigenvalue weighted by molar-refractivity contribution is -0.117. The van der Waals surface area contributed by atoms with Gasteiger partial charge in [0.2, 0.25) is 5.91 Å². The molecule has 1 saturated heterocycles. The molecule has 21 heavy (non-hydrogen) atoms. The highest BCUT2D eigenvalue weighted by molar-refractivity contribution is 6.30. The van der Waals surface area contributed by atoms with E-state index in [0.29, 0.717) is 18.0 Å². The molecule has 1 aromatic rings. The second kappa shape index (κ2) is 6.80. The Hall–Kier alpha value is -1.75. The topological polar surface area (TPSA) is 61.4 Å². The first-order valence-electron chi connectivity index (χ1n) is 7.12. The quantitative estimate of drug-likeness (QED) is 0.898. The fraction of sp³-hybridized carbons (Fsp3) is 0.467. The van der Waals surface area contributed by atoms with Gasteiger partial charge in [0, 0.05) is 29.7 Å². The summed E-state index contributed by atoms with van der Waals surface area (Å²) in [4.78, 5) is 25.5. The molecule has 2 N–H and O–H groups in total. The van der Waals surface area contributed by atoms with Crippen molar-refractivity contribution in [1.29, 1.82) is 0 Å². The van der Waals surface area contributed by atoms with Gasteiger partial charge in [0.25, 0.3) is 0 Å². The number of rotatable bonds is 4. The van der Waals surface area contributed by atoms with Crippen molar-refractivity contribution >= 4 is 29.2 Å². The molecular weight excluding hydrogens is 290 g/mol. The average molecular weight is 310 g/mol. The summed E-state index contributed by atoms with van der Waals surface area (Å²) in [5.74, 6) is 0.00571. The monoisotopic (exact) mass is 309 g/mol. The van der Waals surface area contributed by atoms with E-state index in [9.17, 15) is 9.59 Å². The largest absolute Gasteiger partial charge is 0.336 e. The van der Waals surface area contributed by atoms with E-state index < -0.39 is 0 Å². The number of anilines is 1. The summed E-state index contributed by atoms with van der Waals surface area (Å²) in [6.45, 7) is 4.43. The lowest BCUT2D eigenvalue weighted by Crippen LogP contribution is -2.46. The van der Waals surface area contributed by atoms with Gasteiger partial charge >= 0.3 is 6.03 Å². The Bertz CT molecular complexity index is 518. The molecule has 3 amide bonds. The molecule has 0 bridgehead atoms. The lowest BCUT2D eigenvalue weighted by atomic mass is 10.2.